The fourth-order valence-electron chi connectivity index (χ4n) is 4.01. The number of carbonyl (C=O) groups excluding carboxylic acids is 1. The van der Waals surface area contributed by atoms with Gasteiger partial charge >= 0.3 is 0 Å². The van der Waals surface area contributed by atoms with Gasteiger partial charge in [0.1, 0.15) is 0 Å². The lowest BCUT2D eigenvalue weighted by Crippen LogP contribution is -2.52. The molecule has 7 nitrogen and oxygen atoms in total. The Morgan fingerprint density at radius 1 is 1.00 bits per heavy atom. The number of aryl methyl sites for hydroxylation is 2. The van der Waals surface area contributed by atoms with E-state index in [4.69, 9.17) is 11.6 Å². The van der Waals surface area contributed by atoms with E-state index in [1.54, 1.807) is 25.1 Å². The van der Waals surface area contributed by atoms with Gasteiger partial charge in [-0.05, 0) is 62.1 Å². The number of hydrogen-bond acceptors (Lipinski definition) is 5. The molecule has 174 valence electrons. The first kappa shape index (κ1) is 24.7. The molecule has 0 unspecified atom stereocenters. The molecule has 2 aromatic carbocycles. The number of sulfonamides is 1. The average Bonchev–Trinajstić information content (AvgIpc) is 3.25. The number of sulfone groups is 1. The molecule has 1 aliphatic rings. The molecule has 2 aromatic rings. The van der Waals surface area contributed by atoms with E-state index < -0.39 is 30.5 Å². The molecule has 1 aliphatic carbocycles. The van der Waals surface area contributed by atoms with Crippen molar-refractivity contribution in [3.8, 4) is 0 Å². The van der Waals surface area contributed by atoms with Crippen LogP contribution >= 0.6 is 11.6 Å². The minimum Gasteiger partial charge on any atom is -0.353 e. The number of rotatable bonds is 8. The molecule has 0 saturated heterocycles. The number of halogens is 1. The maximum atomic E-state index is 13.6. The Labute approximate surface area is 194 Å². The predicted molar refractivity (Wildman–Crippen MR) is 124 cm³/mol. The molecule has 0 aromatic heterocycles. The van der Waals surface area contributed by atoms with Gasteiger partial charge in [0.15, 0.2) is 14.6 Å². The highest BCUT2D eigenvalue weighted by Gasteiger charge is 2.53. The number of hydrogen-bond donors (Lipinski definition) is 2. The van der Waals surface area contributed by atoms with Gasteiger partial charge in [-0.25, -0.2) is 21.6 Å². The van der Waals surface area contributed by atoms with Crippen molar-refractivity contribution >= 4 is 37.4 Å². The van der Waals surface area contributed by atoms with Crippen molar-refractivity contribution in [3.63, 3.8) is 0 Å². The third-order valence-corrected chi connectivity index (χ3v) is 10.1. The van der Waals surface area contributed by atoms with Crippen LogP contribution in [0, 0.1) is 13.8 Å². The third kappa shape index (κ3) is 4.85. The predicted octanol–water partition coefficient (Wildman–Crippen LogP) is 3.14. The molecule has 0 radical (unpaired) electrons. The largest absolute Gasteiger partial charge is 0.353 e. The summed E-state index contributed by atoms with van der Waals surface area (Å²) in [6, 6.07) is 11.0. The molecule has 1 amide bonds. The molecule has 0 heterocycles. The Morgan fingerprint density at radius 3 is 2.34 bits per heavy atom. The van der Waals surface area contributed by atoms with Crippen LogP contribution in [0.3, 0.4) is 0 Å². The SMILES string of the molecule is Cc1ccc(C)c(S(=O)(=O)C2(C(=O)NCCNS(=O)(=O)c3cccc(Cl)c3)CCCC2)c1. The zero-order valence-electron chi connectivity index (χ0n) is 18.0. The zero-order chi connectivity index (χ0) is 23.6. The van der Waals surface area contributed by atoms with Crippen molar-refractivity contribution in [2.75, 3.05) is 13.1 Å². The van der Waals surface area contributed by atoms with Crippen LogP contribution in [0.1, 0.15) is 36.8 Å². The highest BCUT2D eigenvalue weighted by atomic mass is 35.5. The Hall–Kier alpha value is -1.94. The summed E-state index contributed by atoms with van der Waals surface area (Å²) >= 11 is 5.85. The van der Waals surface area contributed by atoms with Crippen molar-refractivity contribution in [1.82, 2.24) is 10.0 Å². The molecular weight excluding hydrogens is 472 g/mol. The Bertz CT molecular complexity index is 1220. The van der Waals surface area contributed by atoms with Gasteiger partial charge in [-0.15, -0.1) is 0 Å². The fraction of sp³-hybridized carbons (Fsp3) is 0.409. The molecule has 1 fully saturated rings. The van der Waals surface area contributed by atoms with Crippen LogP contribution in [0.2, 0.25) is 5.02 Å². The molecule has 3 rings (SSSR count). The zero-order valence-corrected chi connectivity index (χ0v) is 20.4. The molecule has 32 heavy (non-hydrogen) atoms. The summed E-state index contributed by atoms with van der Waals surface area (Å²) in [5, 5.41) is 2.93. The molecule has 2 N–H and O–H groups in total. The number of nitrogens with one attached hydrogen (secondary N) is 2. The van der Waals surface area contributed by atoms with Crippen LogP contribution in [0.15, 0.2) is 52.3 Å². The minimum absolute atomic E-state index is 0.0149. The lowest BCUT2D eigenvalue weighted by molar-refractivity contribution is -0.123. The van der Waals surface area contributed by atoms with Crippen molar-refractivity contribution in [1.29, 1.82) is 0 Å². The van der Waals surface area contributed by atoms with Gasteiger partial charge in [0, 0.05) is 18.1 Å². The topological polar surface area (TPSA) is 109 Å². The summed E-state index contributed by atoms with van der Waals surface area (Å²) in [5.74, 6) is -0.585. The Kier molecular flexibility index (Phi) is 7.34. The highest BCUT2D eigenvalue weighted by molar-refractivity contribution is 7.93. The van der Waals surface area contributed by atoms with Crippen molar-refractivity contribution in [2.45, 2.75) is 54.1 Å². The fourth-order valence-corrected chi connectivity index (χ4v) is 7.74. The van der Waals surface area contributed by atoms with Crippen LogP contribution in [0.5, 0.6) is 0 Å². The van der Waals surface area contributed by atoms with Crippen LogP contribution in [0.4, 0.5) is 0 Å². The number of carbonyl (C=O) groups is 1. The molecule has 0 bridgehead atoms. The van der Waals surface area contributed by atoms with E-state index >= 15 is 0 Å². The second-order valence-corrected chi connectivity index (χ2v) is 12.5. The van der Waals surface area contributed by atoms with Gasteiger partial charge in [0.25, 0.3) is 0 Å². The summed E-state index contributed by atoms with van der Waals surface area (Å²) in [6.07, 6.45) is 1.75. The number of benzene rings is 2. The van der Waals surface area contributed by atoms with Crippen LogP contribution in [0.25, 0.3) is 0 Å². The van der Waals surface area contributed by atoms with E-state index in [-0.39, 0.29) is 35.7 Å². The van der Waals surface area contributed by atoms with Crippen LogP contribution < -0.4 is 10.0 Å². The van der Waals surface area contributed by atoms with E-state index in [1.165, 1.54) is 18.2 Å². The van der Waals surface area contributed by atoms with Gasteiger partial charge in [0.2, 0.25) is 15.9 Å². The van der Waals surface area contributed by atoms with Crippen LogP contribution in [-0.2, 0) is 24.7 Å². The molecule has 1 saturated carbocycles. The first-order valence-corrected chi connectivity index (χ1v) is 13.7. The van der Waals surface area contributed by atoms with E-state index in [2.05, 4.69) is 10.0 Å². The minimum atomic E-state index is -3.93. The standard InChI is InChI=1S/C22H27ClN2O5S2/c1-16-8-9-17(2)20(14-16)31(27,28)22(10-3-4-11-22)21(26)24-12-13-25-32(29,30)19-7-5-6-18(23)15-19/h5-9,14-15,25H,3-4,10-13H2,1-2H3,(H,24,26). The number of amides is 1. The Balaban J connectivity index is 1.73. The smallest absolute Gasteiger partial charge is 0.241 e. The second kappa shape index (κ2) is 9.51. The van der Waals surface area contributed by atoms with Crippen molar-refractivity contribution in [3.05, 3.63) is 58.6 Å². The summed E-state index contributed by atoms with van der Waals surface area (Å²) in [7, 11) is -7.73. The molecule has 10 heteroatoms. The lowest BCUT2D eigenvalue weighted by Gasteiger charge is -2.28. The summed E-state index contributed by atoms with van der Waals surface area (Å²) in [5.41, 5.74) is 1.40. The summed E-state index contributed by atoms with van der Waals surface area (Å²) < 4.78 is 52.8. The van der Waals surface area contributed by atoms with E-state index in [0.29, 0.717) is 23.4 Å². The lowest BCUT2D eigenvalue weighted by atomic mass is 10.1. The summed E-state index contributed by atoms with van der Waals surface area (Å²) in [6.45, 7) is 3.41. The second-order valence-electron chi connectivity index (χ2n) is 8.08. The van der Waals surface area contributed by atoms with Gasteiger partial charge in [0.05, 0.1) is 9.79 Å². The first-order valence-electron chi connectivity index (χ1n) is 10.3. The van der Waals surface area contributed by atoms with Gasteiger partial charge < -0.3 is 5.32 Å². The molecule has 0 spiro atoms. The normalized spacial score (nSPS) is 16.1. The van der Waals surface area contributed by atoms with E-state index in [9.17, 15) is 21.6 Å². The van der Waals surface area contributed by atoms with Crippen molar-refractivity contribution < 1.29 is 21.6 Å². The summed E-state index contributed by atoms with van der Waals surface area (Å²) in [4.78, 5) is 13.3. The van der Waals surface area contributed by atoms with Gasteiger partial charge in [-0.2, -0.15) is 0 Å². The molecular formula is C22H27ClN2O5S2. The first-order chi connectivity index (χ1) is 15.0. The Morgan fingerprint density at radius 2 is 1.69 bits per heavy atom. The monoisotopic (exact) mass is 498 g/mol. The maximum absolute atomic E-state index is 13.6. The van der Waals surface area contributed by atoms with Gasteiger partial charge in [-0.1, -0.05) is 42.6 Å². The van der Waals surface area contributed by atoms with E-state index in [0.717, 1.165) is 5.56 Å². The third-order valence-electron chi connectivity index (χ3n) is 5.78. The van der Waals surface area contributed by atoms with Crippen molar-refractivity contribution in [2.24, 2.45) is 0 Å². The maximum Gasteiger partial charge on any atom is 0.241 e. The van der Waals surface area contributed by atoms with Crippen LogP contribution in [-0.4, -0.2) is 40.6 Å². The highest BCUT2D eigenvalue weighted by Crippen LogP contribution is 2.41. The molecule has 0 aliphatic heterocycles. The molecule has 0 atom stereocenters. The average molecular weight is 499 g/mol. The van der Waals surface area contributed by atoms with Gasteiger partial charge in [-0.3, -0.25) is 4.79 Å². The quantitative estimate of drug-likeness (QED) is 0.543. The van der Waals surface area contributed by atoms with E-state index in [1.807, 2.05) is 13.0 Å².